The van der Waals surface area contributed by atoms with Crippen LogP contribution in [0, 0.1) is 0 Å². The molecule has 1 unspecified atom stereocenters. The van der Waals surface area contributed by atoms with Gasteiger partial charge in [-0.3, -0.25) is 0 Å². The van der Waals surface area contributed by atoms with Gasteiger partial charge in [0, 0.05) is 9.89 Å². The molecule has 1 atom stereocenters. The molecule has 2 heteroatoms. The summed E-state index contributed by atoms with van der Waals surface area (Å²) in [7, 11) is 1.76. The van der Waals surface area contributed by atoms with E-state index in [0.29, 0.717) is 0 Å². The van der Waals surface area contributed by atoms with Crippen molar-refractivity contribution in [2.24, 2.45) is 0 Å². The van der Waals surface area contributed by atoms with E-state index in [9.17, 15) is 0 Å². The van der Waals surface area contributed by atoms with Gasteiger partial charge >= 0.3 is 0 Å². The van der Waals surface area contributed by atoms with E-state index >= 15 is 0 Å². The Morgan fingerprint density at radius 2 is 1.56 bits per heavy atom. The average molecular weight is 419 g/mol. The van der Waals surface area contributed by atoms with Gasteiger partial charge in [0.1, 0.15) is 5.75 Å². The number of ether oxygens (including phenoxy) is 1. The van der Waals surface area contributed by atoms with E-state index in [4.69, 9.17) is 4.74 Å². The minimum atomic E-state index is -0.102. The monoisotopic (exact) mass is 418 g/mol. The fraction of sp³-hybridized carbons (Fsp3) is 0.280. The number of methoxy groups -OCH3 is 1. The Kier molecular flexibility index (Phi) is 3.61. The smallest absolute Gasteiger partial charge is 0.119 e. The summed E-state index contributed by atoms with van der Waals surface area (Å²) in [6.45, 7) is 4.74. The molecular weight excluding hydrogens is 396 g/mol. The van der Waals surface area contributed by atoms with Crippen molar-refractivity contribution in [1.82, 2.24) is 0 Å². The van der Waals surface area contributed by atoms with E-state index in [1.807, 2.05) is 0 Å². The molecule has 5 rings (SSSR count). The quantitative estimate of drug-likeness (QED) is 0.419. The zero-order valence-corrected chi connectivity index (χ0v) is 17.6. The second kappa shape index (κ2) is 5.72. The van der Waals surface area contributed by atoms with Crippen molar-refractivity contribution in [3.8, 4) is 16.9 Å². The van der Waals surface area contributed by atoms with Crippen LogP contribution >= 0.6 is 15.9 Å². The van der Waals surface area contributed by atoms with Crippen LogP contribution in [0.4, 0.5) is 0 Å². The van der Waals surface area contributed by atoms with Crippen LogP contribution in [0.2, 0.25) is 0 Å². The number of fused-ring (bicyclic) bond motifs is 7. The Balaban J connectivity index is 1.92. The third kappa shape index (κ3) is 2.23. The largest absolute Gasteiger partial charge is 0.497 e. The molecule has 136 valence electrons. The molecule has 2 aliphatic rings. The van der Waals surface area contributed by atoms with E-state index in [-0.39, 0.29) is 10.8 Å². The number of rotatable bonds is 1. The lowest BCUT2D eigenvalue weighted by Crippen LogP contribution is -2.38. The van der Waals surface area contributed by atoms with E-state index in [1.165, 1.54) is 33.4 Å². The van der Waals surface area contributed by atoms with Crippen molar-refractivity contribution in [3.63, 3.8) is 0 Å². The van der Waals surface area contributed by atoms with Gasteiger partial charge in [-0.15, -0.1) is 0 Å². The van der Waals surface area contributed by atoms with Gasteiger partial charge in [-0.2, -0.15) is 0 Å². The van der Waals surface area contributed by atoms with Crippen LogP contribution in [0.3, 0.4) is 0 Å². The number of halogens is 1. The van der Waals surface area contributed by atoms with E-state index in [1.54, 1.807) is 7.11 Å². The van der Waals surface area contributed by atoms with Crippen molar-refractivity contribution >= 4 is 15.9 Å². The molecule has 0 bridgehead atoms. The summed E-state index contributed by atoms with van der Waals surface area (Å²) < 4.78 is 6.78. The van der Waals surface area contributed by atoms with Crippen LogP contribution in [0.5, 0.6) is 5.75 Å². The third-order valence-corrected chi connectivity index (χ3v) is 7.15. The Bertz CT molecular complexity index is 1070. The molecule has 27 heavy (non-hydrogen) atoms. The maximum absolute atomic E-state index is 5.64. The SMILES string of the molecule is COc1ccc2c(c1)C1(CCC2(C)C)c2ccccc2-c2ccc(Br)cc21. The van der Waals surface area contributed by atoms with Crippen molar-refractivity contribution in [1.29, 1.82) is 0 Å². The highest BCUT2D eigenvalue weighted by Crippen LogP contribution is 2.60. The standard InChI is InChI=1S/C25H23BrO/c1-24(2)12-13-25(23-15-17(27-3)9-11-21(23)24)20-7-5-4-6-18(20)19-10-8-16(26)14-22(19)25/h4-11,14-15H,12-13H2,1-3H3. The molecule has 2 aliphatic carbocycles. The van der Waals surface area contributed by atoms with Crippen LogP contribution < -0.4 is 4.74 Å². The first kappa shape index (κ1) is 17.1. The lowest BCUT2D eigenvalue weighted by Gasteiger charge is -2.45. The van der Waals surface area contributed by atoms with Crippen molar-refractivity contribution in [2.45, 2.75) is 37.5 Å². The maximum Gasteiger partial charge on any atom is 0.119 e. The molecule has 0 aromatic heterocycles. The highest BCUT2D eigenvalue weighted by molar-refractivity contribution is 9.10. The predicted molar refractivity (Wildman–Crippen MR) is 115 cm³/mol. The van der Waals surface area contributed by atoms with Crippen molar-refractivity contribution in [3.05, 3.63) is 87.4 Å². The average Bonchev–Trinajstić information content (AvgIpc) is 2.95. The first-order valence-electron chi connectivity index (χ1n) is 9.56. The lowest BCUT2D eigenvalue weighted by atomic mass is 9.58. The van der Waals surface area contributed by atoms with Gasteiger partial charge in [0.05, 0.1) is 7.11 Å². The van der Waals surface area contributed by atoms with E-state index in [0.717, 1.165) is 23.1 Å². The van der Waals surface area contributed by atoms with Crippen LogP contribution in [-0.4, -0.2) is 7.11 Å². The zero-order chi connectivity index (χ0) is 18.8. The summed E-state index contributed by atoms with van der Waals surface area (Å²) in [6, 6.07) is 22.4. The Morgan fingerprint density at radius 3 is 2.37 bits per heavy atom. The summed E-state index contributed by atoms with van der Waals surface area (Å²) in [5.74, 6) is 0.937. The Hall–Kier alpha value is -2.06. The minimum Gasteiger partial charge on any atom is -0.497 e. The molecule has 0 N–H and O–H groups in total. The van der Waals surface area contributed by atoms with Crippen LogP contribution in [0.1, 0.15) is 48.9 Å². The normalized spacial score (nSPS) is 21.5. The lowest BCUT2D eigenvalue weighted by molar-refractivity contribution is 0.363. The Morgan fingerprint density at radius 1 is 0.778 bits per heavy atom. The molecule has 0 saturated heterocycles. The summed E-state index contributed by atoms with van der Waals surface area (Å²) >= 11 is 3.73. The minimum absolute atomic E-state index is 0.102. The fourth-order valence-corrected chi connectivity index (χ4v) is 5.62. The number of hydrogen-bond acceptors (Lipinski definition) is 1. The molecule has 0 amide bonds. The van der Waals surface area contributed by atoms with Gasteiger partial charge in [0.2, 0.25) is 0 Å². The van der Waals surface area contributed by atoms with E-state index < -0.39 is 0 Å². The molecule has 3 aromatic rings. The molecule has 0 radical (unpaired) electrons. The van der Waals surface area contributed by atoms with Crippen molar-refractivity contribution < 1.29 is 4.74 Å². The molecule has 1 spiro atoms. The van der Waals surface area contributed by atoms with Crippen LogP contribution in [-0.2, 0) is 10.8 Å². The summed E-state index contributed by atoms with van der Waals surface area (Å²) in [6.07, 6.45) is 2.27. The van der Waals surface area contributed by atoms with Crippen LogP contribution in [0.15, 0.2) is 65.1 Å². The fourth-order valence-electron chi connectivity index (χ4n) is 5.26. The van der Waals surface area contributed by atoms with Gasteiger partial charge in [0.25, 0.3) is 0 Å². The first-order valence-corrected chi connectivity index (χ1v) is 10.4. The van der Waals surface area contributed by atoms with Gasteiger partial charge in [-0.25, -0.2) is 0 Å². The number of benzene rings is 3. The summed E-state index contributed by atoms with van der Waals surface area (Å²) in [4.78, 5) is 0. The third-order valence-electron chi connectivity index (χ3n) is 6.66. The second-order valence-corrected chi connectivity index (χ2v) is 9.35. The highest BCUT2D eigenvalue weighted by atomic mass is 79.9. The summed E-state index contributed by atoms with van der Waals surface area (Å²) in [5.41, 5.74) is 8.49. The van der Waals surface area contributed by atoms with Gasteiger partial charge in [-0.05, 0) is 75.9 Å². The molecule has 3 aromatic carbocycles. The molecule has 0 heterocycles. The predicted octanol–water partition coefficient (Wildman–Crippen LogP) is 6.84. The molecule has 1 nitrogen and oxygen atoms in total. The first-order chi connectivity index (χ1) is 13.0. The van der Waals surface area contributed by atoms with Gasteiger partial charge in [0.15, 0.2) is 0 Å². The molecule has 0 fully saturated rings. The second-order valence-electron chi connectivity index (χ2n) is 8.44. The topological polar surface area (TPSA) is 9.23 Å². The number of hydrogen-bond donors (Lipinski definition) is 0. The zero-order valence-electron chi connectivity index (χ0n) is 16.0. The highest BCUT2D eigenvalue weighted by Gasteiger charge is 2.50. The van der Waals surface area contributed by atoms with Crippen LogP contribution in [0.25, 0.3) is 11.1 Å². The molecule has 0 saturated carbocycles. The Labute approximate surface area is 169 Å². The maximum atomic E-state index is 5.64. The van der Waals surface area contributed by atoms with Gasteiger partial charge in [-0.1, -0.05) is 66.2 Å². The van der Waals surface area contributed by atoms with E-state index in [2.05, 4.69) is 90.4 Å². The van der Waals surface area contributed by atoms with Gasteiger partial charge < -0.3 is 4.74 Å². The molecule has 0 aliphatic heterocycles. The molecular formula is C25H23BrO. The summed E-state index contributed by atoms with van der Waals surface area (Å²) in [5, 5.41) is 0. The van der Waals surface area contributed by atoms with Crippen molar-refractivity contribution in [2.75, 3.05) is 7.11 Å².